The highest BCUT2D eigenvalue weighted by Crippen LogP contribution is 2.27. The molecule has 1 saturated heterocycles. The molecular weight excluding hydrogens is 343 g/mol. The third-order valence-corrected chi connectivity index (χ3v) is 6.74. The second-order valence-electron chi connectivity index (χ2n) is 6.06. The number of amides is 1. The van der Waals surface area contributed by atoms with Gasteiger partial charge in [0, 0.05) is 11.6 Å². The lowest BCUT2D eigenvalue weighted by Gasteiger charge is -2.31. The SMILES string of the molecule is CC(C)(C(=O)N[C@@H]1CCNC[C@H]1F)S(=O)(=O)c1ccc(Cl)cc1. The Hall–Kier alpha value is -1.18. The molecule has 8 heteroatoms. The molecule has 1 amide bonds. The Morgan fingerprint density at radius 1 is 1.35 bits per heavy atom. The predicted molar refractivity (Wildman–Crippen MR) is 87.0 cm³/mol. The molecule has 1 aromatic rings. The zero-order valence-electron chi connectivity index (χ0n) is 13.0. The summed E-state index contributed by atoms with van der Waals surface area (Å²) < 4.78 is 37.5. The number of rotatable bonds is 4. The lowest BCUT2D eigenvalue weighted by molar-refractivity contribution is -0.124. The summed E-state index contributed by atoms with van der Waals surface area (Å²) in [4.78, 5) is 12.5. The summed E-state index contributed by atoms with van der Waals surface area (Å²) in [6.45, 7) is 3.37. The van der Waals surface area contributed by atoms with Crippen molar-refractivity contribution in [1.29, 1.82) is 0 Å². The summed E-state index contributed by atoms with van der Waals surface area (Å²) in [5, 5.41) is 5.82. The van der Waals surface area contributed by atoms with Gasteiger partial charge in [-0.2, -0.15) is 0 Å². The van der Waals surface area contributed by atoms with Gasteiger partial charge >= 0.3 is 0 Å². The van der Waals surface area contributed by atoms with E-state index >= 15 is 0 Å². The van der Waals surface area contributed by atoms with Crippen LogP contribution in [0.5, 0.6) is 0 Å². The number of benzene rings is 1. The van der Waals surface area contributed by atoms with Crippen LogP contribution in [0.4, 0.5) is 4.39 Å². The minimum atomic E-state index is -3.93. The van der Waals surface area contributed by atoms with Crippen LogP contribution in [0.25, 0.3) is 0 Å². The number of carbonyl (C=O) groups is 1. The van der Waals surface area contributed by atoms with Crippen LogP contribution in [0.2, 0.25) is 5.02 Å². The molecule has 5 nitrogen and oxygen atoms in total. The van der Waals surface area contributed by atoms with Gasteiger partial charge in [-0.25, -0.2) is 12.8 Å². The Morgan fingerprint density at radius 3 is 2.52 bits per heavy atom. The van der Waals surface area contributed by atoms with Gasteiger partial charge in [0.1, 0.15) is 10.9 Å². The second kappa shape index (κ2) is 6.75. The van der Waals surface area contributed by atoms with Crippen molar-refractivity contribution in [2.45, 2.75) is 42.1 Å². The van der Waals surface area contributed by atoms with E-state index in [1.54, 1.807) is 0 Å². The standard InChI is InChI=1S/C15H20ClFN2O3S/c1-15(2,14(20)19-13-7-8-18-9-12(13)17)23(21,22)11-5-3-10(16)4-6-11/h3-6,12-13,18H,7-9H2,1-2H3,(H,19,20)/t12-,13-/m1/s1. The highest BCUT2D eigenvalue weighted by atomic mass is 35.5. The Balaban J connectivity index is 2.21. The van der Waals surface area contributed by atoms with Crippen molar-refractivity contribution in [3.05, 3.63) is 29.3 Å². The average molecular weight is 363 g/mol. The first kappa shape index (κ1) is 18.2. The van der Waals surface area contributed by atoms with Crippen molar-refractivity contribution in [3.8, 4) is 0 Å². The summed E-state index contributed by atoms with van der Waals surface area (Å²) in [5.74, 6) is -0.706. The monoisotopic (exact) mass is 362 g/mol. The number of hydrogen-bond acceptors (Lipinski definition) is 4. The maximum atomic E-state index is 13.8. The molecule has 2 N–H and O–H groups in total. The van der Waals surface area contributed by atoms with Crippen LogP contribution in [0.15, 0.2) is 29.2 Å². The van der Waals surface area contributed by atoms with Crippen LogP contribution in [-0.2, 0) is 14.6 Å². The molecule has 1 fully saturated rings. The summed E-state index contributed by atoms with van der Waals surface area (Å²) >= 11 is 5.76. The van der Waals surface area contributed by atoms with Crippen LogP contribution in [0, 0.1) is 0 Å². The van der Waals surface area contributed by atoms with Crippen LogP contribution < -0.4 is 10.6 Å². The zero-order chi connectivity index (χ0) is 17.3. The third-order valence-electron chi connectivity index (χ3n) is 4.07. The van der Waals surface area contributed by atoms with Crippen LogP contribution in [-0.4, -0.2) is 44.4 Å². The molecular formula is C15H20ClFN2O3S. The molecule has 0 aromatic heterocycles. The summed E-state index contributed by atoms with van der Waals surface area (Å²) in [7, 11) is -3.93. The zero-order valence-corrected chi connectivity index (χ0v) is 14.5. The first-order valence-electron chi connectivity index (χ1n) is 7.32. The number of halogens is 2. The van der Waals surface area contributed by atoms with Gasteiger partial charge in [-0.3, -0.25) is 4.79 Å². The fourth-order valence-electron chi connectivity index (χ4n) is 2.36. The molecule has 1 aliphatic rings. The molecule has 1 heterocycles. The highest BCUT2D eigenvalue weighted by molar-refractivity contribution is 7.93. The van der Waals surface area contributed by atoms with E-state index < -0.39 is 32.7 Å². The van der Waals surface area contributed by atoms with E-state index in [2.05, 4.69) is 10.6 Å². The molecule has 0 saturated carbocycles. The van der Waals surface area contributed by atoms with Crippen molar-refractivity contribution in [3.63, 3.8) is 0 Å². The quantitative estimate of drug-likeness (QED) is 0.855. The Kier molecular flexibility index (Phi) is 5.33. The largest absolute Gasteiger partial charge is 0.349 e. The van der Waals surface area contributed by atoms with E-state index in [0.717, 1.165) is 0 Å². The smallest absolute Gasteiger partial charge is 0.241 e. The van der Waals surface area contributed by atoms with Gasteiger partial charge < -0.3 is 10.6 Å². The van der Waals surface area contributed by atoms with Crippen LogP contribution in [0.1, 0.15) is 20.3 Å². The predicted octanol–water partition coefficient (Wildman–Crippen LogP) is 1.71. The van der Waals surface area contributed by atoms with E-state index in [4.69, 9.17) is 11.6 Å². The number of carbonyl (C=O) groups excluding carboxylic acids is 1. The van der Waals surface area contributed by atoms with Gasteiger partial charge in [-0.15, -0.1) is 0 Å². The lowest BCUT2D eigenvalue weighted by Crippen LogP contribution is -2.56. The van der Waals surface area contributed by atoms with Crippen molar-refractivity contribution < 1.29 is 17.6 Å². The molecule has 2 atom stereocenters. The maximum absolute atomic E-state index is 13.8. The van der Waals surface area contributed by atoms with Gasteiger partial charge in [0.15, 0.2) is 9.84 Å². The van der Waals surface area contributed by atoms with Crippen LogP contribution >= 0.6 is 11.6 Å². The molecule has 2 rings (SSSR count). The van der Waals surface area contributed by atoms with Crippen molar-refractivity contribution in [2.75, 3.05) is 13.1 Å². The lowest BCUT2D eigenvalue weighted by atomic mass is 10.0. The fourth-order valence-corrected chi connectivity index (χ4v) is 3.87. The first-order chi connectivity index (χ1) is 10.7. The number of piperidine rings is 1. The first-order valence-corrected chi connectivity index (χ1v) is 9.18. The normalized spacial score (nSPS) is 22.6. The maximum Gasteiger partial charge on any atom is 0.241 e. The molecule has 128 valence electrons. The van der Waals surface area contributed by atoms with Gasteiger partial charge in [-0.1, -0.05) is 11.6 Å². The summed E-state index contributed by atoms with van der Waals surface area (Å²) in [6.07, 6.45) is -0.814. The second-order valence-corrected chi connectivity index (χ2v) is 8.99. The molecule has 0 bridgehead atoms. The molecule has 0 unspecified atom stereocenters. The van der Waals surface area contributed by atoms with E-state index in [1.807, 2.05) is 0 Å². The summed E-state index contributed by atoms with van der Waals surface area (Å²) in [6, 6.07) is 4.94. The van der Waals surface area contributed by atoms with Gasteiger partial charge in [0.2, 0.25) is 5.91 Å². The van der Waals surface area contributed by atoms with Crippen LogP contribution in [0.3, 0.4) is 0 Å². The van der Waals surface area contributed by atoms with Crippen molar-refractivity contribution >= 4 is 27.3 Å². The minimum absolute atomic E-state index is 0.00385. The van der Waals surface area contributed by atoms with E-state index in [0.29, 0.717) is 18.0 Å². The molecule has 0 aliphatic carbocycles. The van der Waals surface area contributed by atoms with Gasteiger partial charge in [-0.05, 0) is 51.1 Å². The number of alkyl halides is 1. The number of hydrogen-bond donors (Lipinski definition) is 2. The average Bonchev–Trinajstić information content (AvgIpc) is 2.49. The van der Waals surface area contributed by atoms with Crippen molar-refractivity contribution in [1.82, 2.24) is 10.6 Å². The Morgan fingerprint density at radius 2 is 1.96 bits per heavy atom. The minimum Gasteiger partial charge on any atom is -0.349 e. The summed E-state index contributed by atoms with van der Waals surface area (Å²) in [5.41, 5.74) is 0. The van der Waals surface area contributed by atoms with Gasteiger partial charge in [0.05, 0.1) is 10.9 Å². The van der Waals surface area contributed by atoms with E-state index in [9.17, 15) is 17.6 Å². The molecule has 23 heavy (non-hydrogen) atoms. The Labute approximate surface area is 140 Å². The Bertz CT molecular complexity index is 676. The highest BCUT2D eigenvalue weighted by Gasteiger charge is 2.44. The molecule has 0 radical (unpaired) electrons. The molecule has 1 aliphatic heterocycles. The van der Waals surface area contributed by atoms with Gasteiger partial charge in [0.25, 0.3) is 0 Å². The topological polar surface area (TPSA) is 75.3 Å². The third kappa shape index (κ3) is 3.67. The number of sulfone groups is 1. The van der Waals surface area contributed by atoms with E-state index in [1.165, 1.54) is 38.1 Å². The molecule has 1 aromatic carbocycles. The van der Waals surface area contributed by atoms with Crippen molar-refractivity contribution in [2.24, 2.45) is 0 Å². The molecule has 0 spiro atoms. The fraction of sp³-hybridized carbons (Fsp3) is 0.533. The number of nitrogens with one attached hydrogen (secondary N) is 2. The van der Waals surface area contributed by atoms with E-state index in [-0.39, 0.29) is 11.4 Å².